The van der Waals surface area contributed by atoms with Gasteiger partial charge in [-0.25, -0.2) is 0 Å². The molecular formula is C15H24N2O. The normalized spacial score (nSPS) is 26.4. The molecule has 100 valence electrons. The molecule has 1 aliphatic heterocycles. The van der Waals surface area contributed by atoms with Crippen LogP contribution in [0.5, 0.6) is 0 Å². The van der Waals surface area contributed by atoms with Gasteiger partial charge in [0, 0.05) is 12.6 Å². The second kappa shape index (κ2) is 5.83. The van der Waals surface area contributed by atoms with Crippen LogP contribution >= 0.6 is 0 Å². The number of aliphatic hydroxyl groups is 1. The predicted octanol–water partition coefficient (Wildman–Crippen LogP) is 1.56. The fourth-order valence-electron chi connectivity index (χ4n) is 2.93. The first-order valence-corrected chi connectivity index (χ1v) is 6.77. The SMILES string of the molecule is CC(O)Cc1cccc(C2CC(CN)CN2C)c1. The molecule has 3 nitrogen and oxygen atoms in total. The minimum atomic E-state index is -0.279. The Morgan fingerprint density at radius 1 is 1.50 bits per heavy atom. The van der Waals surface area contributed by atoms with Gasteiger partial charge in [0.05, 0.1) is 6.10 Å². The van der Waals surface area contributed by atoms with Crippen LogP contribution in [0.4, 0.5) is 0 Å². The predicted molar refractivity (Wildman–Crippen MR) is 74.4 cm³/mol. The minimum absolute atomic E-state index is 0.279. The molecule has 0 spiro atoms. The average molecular weight is 248 g/mol. The lowest BCUT2D eigenvalue weighted by atomic mass is 9.97. The Morgan fingerprint density at radius 3 is 2.89 bits per heavy atom. The van der Waals surface area contributed by atoms with E-state index >= 15 is 0 Å². The quantitative estimate of drug-likeness (QED) is 0.850. The molecule has 1 heterocycles. The maximum atomic E-state index is 9.47. The van der Waals surface area contributed by atoms with E-state index in [1.165, 1.54) is 11.1 Å². The molecule has 0 aliphatic carbocycles. The highest BCUT2D eigenvalue weighted by molar-refractivity contribution is 5.27. The third-order valence-corrected chi connectivity index (χ3v) is 3.84. The van der Waals surface area contributed by atoms with Crippen molar-refractivity contribution in [2.75, 3.05) is 20.1 Å². The van der Waals surface area contributed by atoms with E-state index in [1.54, 1.807) is 0 Å². The number of likely N-dealkylation sites (tertiary alicyclic amines) is 1. The third-order valence-electron chi connectivity index (χ3n) is 3.84. The lowest BCUT2D eigenvalue weighted by molar-refractivity contribution is 0.195. The summed E-state index contributed by atoms with van der Waals surface area (Å²) in [4.78, 5) is 2.39. The fraction of sp³-hybridized carbons (Fsp3) is 0.600. The Kier molecular flexibility index (Phi) is 4.38. The highest BCUT2D eigenvalue weighted by Crippen LogP contribution is 2.33. The summed E-state index contributed by atoms with van der Waals surface area (Å²) in [5.41, 5.74) is 8.34. The van der Waals surface area contributed by atoms with Gasteiger partial charge in [0.15, 0.2) is 0 Å². The van der Waals surface area contributed by atoms with Crippen LogP contribution in [0, 0.1) is 5.92 Å². The van der Waals surface area contributed by atoms with Crippen molar-refractivity contribution in [1.29, 1.82) is 0 Å². The van der Waals surface area contributed by atoms with Crippen LogP contribution in [0.3, 0.4) is 0 Å². The fourth-order valence-corrected chi connectivity index (χ4v) is 2.93. The number of hydrogen-bond acceptors (Lipinski definition) is 3. The Morgan fingerprint density at radius 2 is 2.28 bits per heavy atom. The van der Waals surface area contributed by atoms with E-state index < -0.39 is 0 Å². The van der Waals surface area contributed by atoms with Crippen LogP contribution in [-0.4, -0.2) is 36.2 Å². The van der Waals surface area contributed by atoms with Crippen molar-refractivity contribution in [1.82, 2.24) is 4.90 Å². The number of aliphatic hydroxyl groups excluding tert-OH is 1. The maximum Gasteiger partial charge on any atom is 0.0552 e. The molecule has 1 fully saturated rings. The molecule has 3 atom stereocenters. The van der Waals surface area contributed by atoms with Crippen LogP contribution in [0.15, 0.2) is 24.3 Å². The van der Waals surface area contributed by atoms with Crippen LogP contribution < -0.4 is 5.73 Å². The molecule has 1 aliphatic rings. The Hall–Kier alpha value is -0.900. The van der Waals surface area contributed by atoms with Crippen LogP contribution in [0.2, 0.25) is 0 Å². The summed E-state index contributed by atoms with van der Waals surface area (Å²) in [5, 5.41) is 9.47. The Balaban J connectivity index is 2.13. The highest BCUT2D eigenvalue weighted by Gasteiger charge is 2.29. The first kappa shape index (κ1) is 13.5. The van der Waals surface area contributed by atoms with Gasteiger partial charge in [0.2, 0.25) is 0 Å². The number of benzene rings is 1. The number of nitrogens with zero attached hydrogens (tertiary/aromatic N) is 1. The monoisotopic (exact) mass is 248 g/mol. The summed E-state index contributed by atoms with van der Waals surface area (Å²) < 4.78 is 0. The van der Waals surface area contributed by atoms with Crippen molar-refractivity contribution in [3.05, 3.63) is 35.4 Å². The van der Waals surface area contributed by atoms with E-state index in [-0.39, 0.29) is 6.10 Å². The summed E-state index contributed by atoms with van der Waals surface area (Å²) in [7, 11) is 2.17. The Bertz CT molecular complexity index is 392. The zero-order chi connectivity index (χ0) is 13.1. The summed E-state index contributed by atoms with van der Waals surface area (Å²) in [5.74, 6) is 0.612. The molecule has 3 heteroatoms. The Labute approximate surface area is 110 Å². The molecule has 3 N–H and O–H groups in total. The molecule has 1 aromatic rings. The van der Waals surface area contributed by atoms with Crippen LogP contribution in [0.25, 0.3) is 0 Å². The molecule has 3 unspecified atom stereocenters. The smallest absolute Gasteiger partial charge is 0.0552 e. The molecule has 0 amide bonds. The van der Waals surface area contributed by atoms with E-state index in [2.05, 4.69) is 36.2 Å². The number of hydrogen-bond donors (Lipinski definition) is 2. The van der Waals surface area contributed by atoms with Gasteiger partial charge >= 0.3 is 0 Å². The molecule has 0 saturated carbocycles. The second-order valence-corrected chi connectivity index (χ2v) is 5.59. The van der Waals surface area contributed by atoms with E-state index in [1.807, 2.05) is 6.92 Å². The topological polar surface area (TPSA) is 49.5 Å². The highest BCUT2D eigenvalue weighted by atomic mass is 16.3. The van der Waals surface area contributed by atoms with Gasteiger partial charge in [-0.2, -0.15) is 0 Å². The summed E-state index contributed by atoms with van der Waals surface area (Å²) in [6.07, 6.45) is 1.59. The maximum absolute atomic E-state index is 9.47. The second-order valence-electron chi connectivity index (χ2n) is 5.59. The zero-order valence-corrected chi connectivity index (χ0v) is 11.3. The molecule has 18 heavy (non-hydrogen) atoms. The van der Waals surface area contributed by atoms with Crippen molar-refractivity contribution < 1.29 is 5.11 Å². The summed E-state index contributed by atoms with van der Waals surface area (Å²) in [6, 6.07) is 9.08. The molecule has 0 bridgehead atoms. The van der Waals surface area contributed by atoms with Crippen LogP contribution in [0.1, 0.15) is 30.5 Å². The van der Waals surface area contributed by atoms with Crippen molar-refractivity contribution in [3.8, 4) is 0 Å². The lowest BCUT2D eigenvalue weighted by Gasteiger charge is -2.20. The molecule has 0 radical (unpaired) electrons. The lowest BCUT2D eigenvalue weighted by Crippen LogP contribution is -2.20. The van der Waals surface area contributed by atoms with Crippen LogP contribution in [-0.2, 0) is 6.42 Å². The summed E-state index contributed by atoms with van der Waals surface area (Å²) >= 11 is 0. The van der Waals surface area contributed by atoms with Crippen molar-refractivity contribution in [2.45, 2.75) is 31.9 Å². The third kappa shape index (κ3) is 3.10. The molecule has 1 aromatic carbocycles. The van der Waals surface area contributed by atoms with Gasteiger partial charge < -0.3 is 10.8 Å². The number of nitrogens with two attached hydrogens (primary N) is 1. The van der Waals surface area contributed by atoms with Gasteiger partial charge in [0.25, 0.3) is 0 Å². The molecule has 0 aromatic heterocycles. The molecule has 2 rings (SSSR count). The van der Waals surface area contributed by atoms with Crippen molar-refractivity contribution >= 4 is 0 Å². The molecular weight excluding hydrogens is 224 g/mol. The van der Waals surface area contributed by atoms with E-state index in [0.717, 1.165) is 25.9 Å². The van der Waals surface area contributed by atoms with E-state index in [4.69, 9.17) is 5.73 Å². The zero-order valence-electron chi connectivity index (χ0n) is 11.3. The summed E-state index contributed by atoms with van der Waals surface area (Å²) in [6.45, 7) is 3.69. The first-order valence-electron chi connectivity index (χ1n) is 6.77. The van der Waals surface area contributed by atoms with Gasteiger partial charge in [-0.1, -0.05) is 24.3 Å². The molecule has 1 saturated heterocycles. The minimum Gasteiger partial charge on any atom is -0.393 e. The van der Waals surface area contributed by atoms with Gasteiger partial charge in [-0.3, -0.25) is 4.90 Å². The van der Waals surface area contributed by atoms with Crippen molar-refractivity contribution in [2.24, 2.45) is 11.7 Å². The average Bonchev–Trinajstić information content (AvgIpc) is 2.70. The van der Waals surface area contributed by atoms with Gasteiger partial charge in [0.1, 0.15) is 0 Å². The number of rotatable bonds is 4. The largest absolute Gasteiger partial charge is 0.393 e. The first-order chi connectivity index (χ1) is 8.60. The van der Waals surface area contributed by atoms with E-state index in [9.17, 15) is 5.11 Å². The standard InChI is InChI=1S/C15H24N2O/c1-11(18)6-12-4-3-5-14(7-12)15-8-13(9-16)10-17(15)2/h3-5,7,11,13,15,18H,6,8-10,16H2,1-2H3. The van der Waals surface area contributed by atoms with E-state index in [0.29, 0.717) is 12.0 Å². The van der Waals surface area contributed by atoms with Gasteiger partial charge in [-0.15, -0.1) is 0 Å². The van der Waals surface area contributed by atoms with Crippen molar-refractivity contribution in [3.63, 3.8) is 0 Å². The van der Waals surface area contributed by atoms with Gasteiger partial charge in [-0.05, 0) is 50.4 Å².